The summed E-state index contributed by atoms with van der Waals surface area (Å²) in [4.78, 5) is 25.9. The van der Waals surface area contributed by atoms with E-state index in [1.165, 1.54) is 19.1 Å². The molecule has 0 aliphatic carbocycles. The molecule has 1 unspecified atom stereocenters. The van der Waals surface area contributed by atoms with Crippen molar-refractivity contribution in [1.29, 1.82) is 0 Å². The molecule has 1 aliphatic rings. The van der Waals surface area contributed by atoms with E-state index in [-0.39, 0.29) is 18.3 Å². The maximum atomic E-state index is 15.8. The molecule has 11 heteroatoms. The predicted molar refractivity (Wildman–Crippen MR) is 181 cm³/mol. The van der Waals surface area contributed by atoms with Gasteiger partial charge in [-0.2, -0.15) is 0 Å². The van der Waals surface area contributed by atoms with Gasteiger partial charge in [-0.1, -0.05) is 72.8 Å². The van der Waals surface area contributed by atoms with Crippen molar-refractivity contribution in [1.82, 2.24) is 19.5 Å². The van der Waals surface area contributed by atoms with Gasteiger partial charge in [0.15, 0.2) is 17.0 Å². The number of amides is 1. The van der Waals surface area contributed by atoms with Crippen LogP contribution in [0.15, 0.2) is 122 Å². The summed E-state index contributed by atoms with van der Waals surface area (Å²) in [7, 11) is 3.23. The summed E-state index contributed by atoms with van der Waals surface area (Å²) in [6, 6.07) is 33.8. The first kappa shape index (κ1) is 31.9. The number of halogens is 1. The SMILES string of the molecule is COc1ccc(C(OC[C@H]2O[C@@H](n3cnc4c(NC(=O)c5ccccc5)ncnc43)[CH]C2F)(c2ccccc2)c2ccc(OC)cc2)cc1. The minimum absolute atomic E-state index is 0.0961. The number of rotatable bonds is 11. The molecule has 247 valence electrons. The average Bonchev–Trinajstić information content (AvgIpc) is 3.76. The number of carbonyl (C=O) groups excluding carboxylic acids is 1. The van der Waals surface area contributed by atoms with Crippen LogP contribution in [0, 0.1) is 6.42 Å². The molecule has 0 spiro atoms. The maximum absolute atomic E-state index is 15.8. The Morgan fingerprint density at radius 1 is 0.816 bits per heavy atom. The first-order chi connectivity index (χ1) is 24.0. The average molecular weight is 659 g/mol. The predicted octanol–water partition coefficient (Wildman–Crippen LogP) is 6.54. The zero-order valence-electron chi connectivity index (χ0n) is 26.8. The smallest absolute Gasteiger partial charge is 0.256 e. The molecule has 1 radical (unpaired) electrons. The summed E-state index contributed by atoms with van der Waals surface area (Å²) in [5.41, 5.74) is 2.55. The van der Waals surface area contributed by atoms with E-state index in [9.17, 15) is 4.79 Å². The molecular weight excluding hydrogens is 625 g/mol. The van der Waals surface area contributed by atoms with Crippen molar-refractivity contribution in [2.45, 2.75) is 24.1 Å². The number of anilines is 1. The molecule has 49 heavy (non-hydrogen) atoms. The molecule has 7 rings (SSSR count). The van der Waals surface area contributed by atoms with E-state index in [0.717, 1.165) is 16.7 Å². The summed E-state index contributed by atoms with van der Waals surface area (Å²) in [5.74, 6) is 1.29. The van der Waals surface area contributed by atoms with Gasteiger partial charge >= 0.3 is 0 Å². The first-order valence-electron chi connectivity index (χ1n) is 15.7. The second-order valence-electron chi connectivity index (χ2n) is 11.4. The summed E-state index contributed by atoms with van der Waals surface area (Å²) in [5, 5.41) is 2.79. The Kier molecular flexibility index (Phi) is 9.01. The second-order valence-corrected chi connectivity index (χ2v) is 11.4. The Hall–Kier alpha value is -5.65. The van der Waals surface area contributed by atoms with Gasteiger partial charge in [0.05, 0.1) is 27.2 Å². The molecule has 6 aromatic rings. The van der Waals surface area contributed by atoms with Crippen LogP contribution in [-0.2, 0) is 15.1 Å². The number of fused-ring (bicyclic) bond motifs is 1. The minimum Gasteiger partial charge on any atom is -0.497 e. The van der Waals surface area contributed by atoms with Gasteiger partial charge in [0.1, 0.15) is 41.9 Å². The van der Waals surface area contributed by atoms with Crippen LogP contribution in [0.3, 0.4) is 0 Å². The zero-order chi connectivity index (χ0) is 33.8. The second kappa shape index (κ2) is 13.8. The Bertz CT molecular complexity index is 1980. The van der Waals surface area contributed by atoms with Crippen LogP contribution < -0.4 is 14.8 Å². The van der Waals surface area contributed by atoms with Crippen molar-refractivity contribution in [2.75, 3.05) is 26.1 Å². The van der Waals surface area contributed by atoms with Crippen LogP contribution >= 0.6 is 0 Å². The maximum Gasteiger partial charge on any atom is 0.256 e. The number of ether oxygens (including phenoxy) is 4. The van der Waals surface area contributed by atoms with Gasteiger partial charge in [-0.15, -0.1) is 0 Å². The molecule has 1 aliphatic heterocycles. The zero-order valence-corrected chi connectivity index (χ0v) is 26.8. The number of hydrogen-bond donors (Lipinski definition) is 1. The molecule has 0 bridgehead atoms. The molecule has 0 saturated carbocycles. The van der Waals surface area contributed by atoms with Gasteiger partial charge in [0.2, 0.25) is 0 Å². The number of carbonyl (C=O) groups is 1. The van der Waals surface area contributed by atoms with Crippen LogP contribution in [0.5, 0.6) is 11.5 Å². The molecule has 10 nitrogen and oxygen atoms in total. The lowest BCUT2D eigenvalue weighted by Gasteiger charge is -2.37. The van der Waals surface area contributed by atoms with Crippen molar-refractivity contribution in [2.24, 2.45) is 0 Å². The van der Waals surface area contributed by atoms with Gasteiger partial charge in [0, 0.05) is 12.0 Å². The fourth-order valence-electron chi connectivity index (χ4n) is 6.05. The number of imidazole rings is 1. The van der Waals surface area contributed by atoms with Crippen LogP contribution in [0.25, 0.3) is 11.2 Å². The third-order valence-electron chi connectivity index (χ3n) is 8.56. The number of nitrogens with one attached hydrogen (secondary N) is 1. The molecule has 1 N–H and O–H groups in total. The largest absolute Gasteiger partial charge is 0.497 e. The molecule has 1 amide bonds. The molecule has 3 atom stereocenters. The van der Waals surface area contributed by atoms with E-state index in [1.54, 1.807) is 43.1 Å². The van der Waals surface area contributed by atoms with Gasteiger partial charge in [-0.25, -0.2) is 19.3 Å². The Morgan fingerprint density at radius 2 is 1.41 bits per heavy atom. The summed E-state index contributed by atoms with van der Waals surface area (Å²) < 4.78 is 41.5. The van der Waals surface area contributed by atoms with Crippen molar-refractivity contribution >= 4 is 22.9 Å². The van der Waals surface area contributed by atoms with Crippen molar-refractivity contribution in [3.05, 3.63) is 151 Å². The van der Waals surface area contributed by atoms with Gasteiger partial charge < -0.3 is 24.3 Å². The van der Waals surface area contributed by atoms with Crippen LogP contribution in [0.1, 0.15) is 33.3 Å². The van der Waals surface area contributed by atoms with E-state index in [0.29, 0.717) is 28.2 Å². The van der Waals surface area contributed by atoms with Crippen molar-refractivity contribution in [3.8, 4) is 11.5 Å². The minimum atomic E-state index is -1.47. The third-order valence-corrected chi connectivity index (χ3v) is 8.56. The Labute approximate surface area is 282 Å². The Morgan fingerprint density at radius 3 is 2.02 bits per heavy atom. The molecule has 2 aromatic heterocycles. The van der Waals surface area contributed by atoms with Crippen LogP contribution in [0.2, 0.25) is 0 Å². The van der Waals surface area contributed by atoms with Crippen LogP contribution in [0.4, 0.5) is 10.2 Å². The van der Waals surface area contributed by atoms with E-state index in [1.807, 2.05) is 84.9 Å². The molecule has 1 saturated heterocycles. The normalized spacial score (nSPS) is 17.6. The highest BCUT2D eigenvalue weighted by Gasteiger charge is 2.43. The molecular formula is C38H33FN5O5. The highest BCUT2D eigenvalue weighted by Crippen LogP contribution is 2.43. The summed E-state index contributed by atoms with van der Waals surface area (Å²) in [6.07, 6.45) is 1.00. The summed E-state index contributed by atoms with van der Waals surface area (Å²) in [6.45, 7) is -0.0961. The number of methoxy groups -OCH3 is 2. The number of hydrogen-bond acceptors (Lipinski definition) is 8. The number of nitrogens with zero attached hydrogens (tertiary/aromatic N) is 4. The Balaban J connectivity index is 1.18. The highest BCUT2D eigenvalue weighted by atomic mass is 19.1. The van der Waals surface area contributed by atoms with Gasteiger partial charge in [-0.05, 0) is 53.1 Å². The van der Waals surface area contributed by atoms with E-state index < -0.39 is 24.1 Å². The molecule has 1 fully saturated rings. The molecule has 4 aromatic carbocycles. The fraction of sp³-hybridized carbons (Fsp3) is 0.184. The third kappa shape index (κ3) is 6.21. The number of aromatic nitrogens is 4. The lowest BCUT2D eigenvalue weighted by Crippen LogP contribution is -2.37. The highest BCUT2D eigenvalue weighted by molar-refractivity contribution is 6.06. The monoisotopic (exact) mass is 658 g/mol. The lowest BCUT2D eigenvalue weighted by atomic mass is 9.80. The summed E-state index contributed by atoms with van der Waals surface area (Å²) >= 11 is 0. The number of benzene rings is 4. The first-order valence-corrected chi connectivity index (χ1v) is 15.7. The van der Waals surface area contributed by atoms with Crippen molar-refractivity contribution < 1.29 is 28.1 Å². The lowest BCUT2D eigenvalue weighted by molar-refractivity contribution is -0.0845. The standard InChI is InChI=1S/C38H33FN5O5/c1-46-29-17-13-27(14-18-29)38(26-11-7-4-8-12-26,28-15-19-30(47-2)20-16-28)48-22-32-31(39)21-33(49-32)44-24-42-34-35(40-23-41-36(34)44)43-37(45)25-9-5-3-6-10-25/h3-21,23-24,31-33H,22H2,1-2H3,(H,40,41,43,45)/t31?,32-,33-/m1/s1. The topological polar surface area (TPSA) is 110 Å². The van der Waals surface area contributed by atoms with Crippen molar-refractivity contribution in [3.63, 3.8) is 0 Å². The van der Waals surface area contributed by atoms with Gasteiger partial charge in [0.25, 0.3) is 5.91 Å². The van der Waals surface area contributed by atoms with E-state index >= 15 is 4.39 Å². The van der Waals surface area contributed by atoms with Crippen LogP contribution in [-0.4, -0.2) is 58.5 Å². The fourth-order valence-corrected chi connectivity index (χ4v) is 6.05. The number of alkyl halides is 1. The molecule has 3 heterocycles. The van der Waals surface area contributed by atoms with E-state index in [2.05, 4.69) is 20.3 Å². The van der Waals surface area contributed by atoms with Gasteiger partial charge in [-0.3, -0.25) is 9.36 Å². The van der Waals surface area contributed by atoms with E-state index in [4.69, 9.17) is 18.9 Å². The quantitative estimate of drug-likeness (QED) is 0.156.